The predicted octanol–water partition coefficient (Wildman–Crippen LogP) is 4.38. The Balaban J connectivity index is 1.81. The second kappa shape index (κ2) is 8.48. The molecule has 1 aromatic heterocycles. The van der Waals surface area contributed by atoms with Crippen molar-refractivity contribution in [3.8, 4) is 0 Å². The quantitative estimate of drug-likeness (QED) is 0.732. The average molecular weight is 327 g/mol. The first-order valence-electron chi connectivity index (χ1n) is 8.47. The molecule has 24 heavy (non-hydrogen) atoms. The molecule has 1 heterocycles. The van der Waals surface area contributed by atoms with Crippen LogP contribution in [0.25, 0.3) is 0 Å². The molecule has 0 bridgehead atoms. The maximum atomic E-state index is 12.2. The van der Waals surface area contributed by atoms with Gasteiger partial charge in [-0.25, -0.2) is 0 Å². The second-order valence-corrected chi connectivity index (χ2v) is 6.11. The molecule has 2 aromatic rings. The molecule has 128 valence electrons. The molecule has 1 amide bonds. The first kappa shape index (κ1) is 18.0. The van der Waals surface area contributed by atoms with Gasteiger partial charge in [-0.15, -0.1) is 0 Å². The maximum Gasteiger partial charge on any atom is 0.221 e. The number of furan rings is 1. The van der Waals surface area contributed by atoms with Crippen LogP contribution in [0.2, 0.25) is 0 Å². The molecule has 4 nitrogen and oxygen atoms in total. The van der Waals surface area contributed by atoms with E-state index in [1.807, 2.05) is 50.2 Å². The van der Waals surface area contributed by atoms with Crippen molar-refractivity contribution in [2.75, 3.05) is 0 Å². The summed E-state index contributed by atoms with van der Waals surface area (Å²) < 4.78 is 5.49. The number of aryl methyl sites for hydroxylation is 2. The summed E-state index contributed by atoms with van der Waals surface area (Å²) in [5.74, 6) is 1.38. The summed E-state index contributed by atoms with van der Waals surface area (Å²) >= 11 is 0. The lowest BCUT2D eigenvalue weighted by atomic mass is 10.0. The fraction of sp³-hybridized carbons (Fsp3) is 0.400. The number of hydrogen-bond acceptors (Lipinski definition) is 3. The number of carbonyl (C=O) groups is 2. The van der Waals surface area contributed by atoms with Crippen LogP contribution >= 0.6 is 0 Å². The highest BCUT2D eigenvalue weighted by Gasteiger charge is 2.14. The minimum Gasteiger partial charge on any atom is -0.464 e. The van der Waals surface area contributed by atoms with E-state index in [2.05, 4.69) is 12.2 Å². The minimum atomic E-state index is -0.199. The van der Waals surface area contributed by atoms with Crippen LogP contribution in [-0.4, -0.2) is 11.7 Å². The third-order valence-corrected chi connectivity index (χ3v) is 3.96. The van der Waals surface area contributed by atoms with E-state index in [-0.39, 0.29) is 30.6 Å². The standard InChI is InChI=1S/C20H25NO3/c1-4-5-16-7-9-17(10-8-16)18(22)11-13-20(23)21-15(3)19-12-6-14(2)24-19/h6-10,12,15H,4-5,11,13H2,1-3H3,(H,21,23). The zero-order valence-corrected chi connectivity index (χ0v) is 14.6. The zero-order chi connectivity index (χ0) is 17.5. The highest BCUT2D eigenvalue weighted by molar-refractivity contribution is 5.98. The molecule has 0 radical (unpaired) electrons. The Labute approximate surface area is 143 Å². The largest absolute Gasteiger partial charge is 0.464 e. The van der Waals surface area contributed by atoms with E-state index in [9.17, 15) is 9.59 Å². The average Bonchev–Trinajstić information content (AvgIpc) is 3.00. The lowest BCUT2D eigenvalue weighted by Gasteiger charge is -2.11. The molecule has 0 aliphatic heterocycles. The van der Waals surface area contributed by atoms with E-state index in [0.29, 0.717) is 5.56 Å². The topological polar surface area (TPSA) is 59.3 Å². The van der Waals surface area contributed by atoms with Gasteiger partial charge in [-0.1, -0.05) is 37.6 Å². The van der Waals surface area contributed by atoms with Crippen LogP contribution in [0, 0.1) is 6.92 Å². The highest BCUT2D eigenvalue weighted by Crippen LogP contribution is 2.16. The van der Waals surface area contributed by atoms with Crippen LogP contribution in [-0.2, 0) is 11.2 Å². The Morgan fingerprint density at radius 2 is 1.79 bits per heavy atom. The minimum absolute atomic E-state index is 0.00491. The Morgan fingerprint density at radius 3 is 2.38 bits per heavy atom. The van der Waals surface area contributed by atoms with E-state index in [4.69, 9.17) is 4.42 Å². The van der Waals surface area contributed by atoms with Gasteiger partial charge in [-0.05, 0) is 38.0 Å². The van der Waals surface area contributed by atoms with Crippen molar-refractivity contribution in [2.24, 2.45) is 0 Å². The number of amides is 1. The van der Waals surface area contributed by atoms with Crippen LogP contribution in [0.4, 0.5) is 0 Å². The number of carbonyl (C=O) groups excluding carboxylic acids is 2. The molecule has 0 aliphatic carbocycles. The third kappa shape index (κ3) is 5.08. The molecular weight excluding hydrogens is 302 g/mol. The Hall–Kier alpha value is -2.36. The van der Waals surface area contributed by atoms with Gasteiger partial charge >= 0.3 is 0 Å². The molecule has 1 N–H and O–H groups in total. The lowest BCUT2D eigenvalue weighted by Crippen LogP contribution is -2.26. The number of nitrogens with one attached hydrogen (secondary N) is 1. The van der Waals surface area contributed by atoms with Crippen LogP contribution in [0.1, 0.15) is 66.6 Å². The van der Waals surface area contributed by atoms with Gasteiger partial charge in [0.05, 0.1) is 6.04 Å². The van der Waals surface area contributed by atoms with E-state index < -0.39 is 0 Å². The maximum absolute atomic E-state index is 12.2. The van der Waals surface area contributed by atoms with Gasteiger partial charge < -0.3 is 9.73 Å². The summed E-state index contributed by atoms with van der Waals surface area (Å²) in [5, 5.41) is 2.86. The summed E-state index contributed by atoms with van der Waals surface area (Å²) in [6.07, 6.45) is 2.49. The first-order chi connectivity index (χ1) is 11.5. The predicted molar refractivity (Wildman–Crippen MR) is 94.0 cm³/mol. The number of hydrogen-bond donors (Lipinski definition) is 1. The van der Waals surface area contributed by atoms with Crippen molar-refractivity contribution in [3.05, 3.63) is 59.0 Å². The molecule has 2 rings (SSSR count). The molecular formula is C20H25NO3. The molecule has 0 fully saturated rings. The summed E-state index contributed by atoms with van der Waals surface area (Å²) in [6, 6.07) is 11.2. The van der Waals surface area contributed by atoms with Gasteiger partial charge in [0, 0.05) is 18.4 Å². The van der Waals surface area contributed by atoms with Gasteiger partial charge in [0.15, 0.2) is 5.78 Å². The molecule has 0 aliphatic rings. The third-order valence-electron chi connectivity index (χ3n) is 3.96. The van der Waals surface area contributed by atoms with Crippen molar-refractivity contribution < 1.29 is 14.0 Å². The van der Waals surface area contributed by atoms with Gasteiger partial charge in [-0.3, -0.25) is 9.59 Å². The number of benzene rings is 1. The number of Topliss-reactive ketones (excluding diaryl/α,β-unsaturated/α-hetero) is 1. The molecule has 0 saturated carbocycles. The molecule has 4 heteroatoms. The van der Waals surface area contributed by atoms with Crippen LogP contribution < -0.4 is 5.32 Å². The van der Waals surface area contributed by atoms with E-state index in [1.165, 1.54) is 5.56 Å². The van der Waals surface area contributed by atoms with E-state index in [1.54, 1.807) is 0 Å². The fourth-order valence-corrected chi connectivity index (χ4v) is 2.59. The molecule has 1 atom stereocenters. The van der Waals surface area contributed by atoms with Crippen LogP contribution in [0.3, 0.4) is 0 Å². The number of rotatable bonds is 8. The van der Waals surface area contributed by atoms with E-state index in [0.717, 1.165) is 24.4 Å². The summed E-state index contributed by atoms with van der Waals surface area (Å²) in [4.78, 5) is 24.2. The molecule has 0 saturated heterocycles. The van der Waals surface area contributed by atoms with Gasteiger partial charge in [0.1, 0.15) is 11.5 Å². The van der Waals surface area contributed by atoms with Gasteiger partial charge in [0.2, 0.25) is 5.91 Å². The Kier molecular flexibility index (Phi) is 6.36. The van der Waals surface area contributed by atoms with Crippen molar-refractivity contribution in [2.45, 2.75) is 52.5 Å². The highest BCUT2D eigenvalue weighted by atomic mass is 16.3. The second-order valence-electron chi connectivity index (χ2n) is 6.11. The van der Waals surface area contributed by atoms with Gasteiger partial charge in [0.25, 0.3) is 0 Å². The van der Waals surface area contributed by atoms with Crippen LogP contribution in [0.5, 0.6) is 0 Å². The number of ketones is 1. The lowest BCUT2D eigenvalue weighted by molar-refractivity contribution is -0.121. The normalized spacial score (nSPS) is 12.0. The van der Waals surface area contributed by atoms with Crippen molar-refractivity contribution >= 4 is 11.7 Å². The molecule has 0 spiro atoms. The van der Waals surface area contributed by atoms with Crippen molar-refractivity contribution in [3.63, 3.8) is 0 Å². The zero-order valence-electron chi connectivity index (χ0n) is 14.6. The van der Waals surface area contributed by atoms with Crippen molar-refractivity contribution in [1.82, 2.24) is 5.32 Å². The Bertz CT molecular complexity index is 685. The van der Waals surface area contributed by atoms with E-state index >= 15 is 0 Å². The molecule has 1 aromatic carbocycles. The Morgan fingerprint density at radius 1 is 1.08 bits per heavy atom. The molecule has 1 unspecified atom stereocenters. The SMILES string of the molecule is CCCc1ccc(C(=O)CCC(=O)NC(C)c2ccc(C)o2)cc1. The summed E-state index contributed by atoms with van der Waals surface area (Å²) in [6.45, 7) is 5.86. The smallest absolute Gasteiger partial charge is 0.221 e. The van der Waals surface area contributed by atoms with Crippen LogP contribution in [0.15, 0.2) is 40.8 Å². The summed E-state index contributed by atoms with van der Waals surface area (Å²) in [7, 11) is 0. The first-order valence-corrected chi connectivity index (χ1v) is 8.47. The van der Waals surface area contributed by atoms with Crippen molar-refractivity contribution in [1.29, 1.82) is 0 Å². The van der Waals surface area contributed by atoms with Gasteiger partial charge in [-0.2, -0.15) is 0 Å². The monoisotopic (exact) mass is 327 g/mol. The fourth-order valence-electron chi connectivity index (χ4n) is 2.59. The summed E-state index contributed by atoms with van der Waals surface area (Å²) in [5.41, 5.74) is 1.90.